The Labute approximate surface area is 159 Å². The smallest absolute Gasteiger partial charge is 0.349 e. The highest BCUT2D eigenvalue weighted by Gasteiger charge is 2.31. The third kappa shape index (κ3) is 6.73. The zero-order valence-electron chi connectivity index (χ0n) is 15.9. The van der Waals surface area contributed by atoms with Gasteiger partial charge in [-0.2, -0.15) is 0 Å². The van der Waals surface area contributed by atoms with Crippen LogP contribution in [0.2, 0.25) is 0 Å². The van der Waals surface area contributed by atoms with Gasteiger partial charge in [0.1, 0.15) is 23.0 Å². The molecule has 0 aliphatic rings. The van der Waals surface area contributed by atoms with Crippen LogP contribution in [0.5, 0.6) is 23.0 Å². The highest BCUT2D eigenvalue weighted by molar-refractivity contribution is 5.79. The Balaban J connectivity index is 1.79. The number of ether oxygens (including phenoxy) is 4. The summed E-state index contributed by atoms with van der Waals surface area (Å²) in [4.78, 5) is 11.9. The van der Waals surface area contributed by atoms with Crippen molar-refractivity contribution in [1.29, 1.82) is 0 Å². The van der Waals surface area contributed by atoms with Crippen molar-refractivity contribution < 1.29 is 28.8 Å². The summed E-state index contributed by atoms with van der Waals surface area (Å²) in [7, 11) is 0. The zero-order valence-corrected chi connectivity index (χ0v) is 15.9. The molecule has 27 heavy (non-hydrogen) atoms. The lowest BCUT2D eigenvalue weighted by Crippen LogP contribution is -2.39. The first-order chi connectivity index (χ1) is 12.9. The van der Waals surface area contributed by atoms with Crippen LogP contribution >= 0.6 is 0 Å². The van der Waals surface area contributed by atoms with Crippen LogP contribution in [0.1, 0.15) is 27.2 Å². The minimum Gasteiger partial charge on any atom is -0.508 e. The molecule has 146 valence electrons. The second kappa shape index (κ2) is 9.71. The first-order valence-electron chi connectivity index (χ1n) is 8.91. The van der Waals surface area contributed by atoms with Crippen molar-refractivity contribution in [2.75, 3.05) is 19.8 Å². The van der Waals surface area contributed by atoms with Gasteiger partial charge in [0.05, 0.1) is 19.8 Å². The van der Waals surface area contributed by atoms with Crippen LogP contribution in [0.15, 0.2) is 48.5 Å². The number of esters is 1. The molecular weight excluding hydrogens is 348 g/mol. The van der Waals surface area contributed by atoms with Crippen LogP contribution < -0.4 is 14.2 Å². The molecular formula is C21H26O6. The predicted octanol–water partition coefficient (Wildman–Crippen LogP) is 3.96. The van der Waals surface area contributed by atoms with Crippen molar-refractivity contribution in [1.82, 2.24) is 0 Å². The average molecular weight is 374 g/mol. The van der Waals surface area contributed by atoms with Gasteiger partial charge < -0.3 is 24.1 Å². The molecule has 0 atom stereocenters. The van der Waals surface area contributed by atoms with Gasteiger partial charge in [0, 0.05) is 18.6 Å². The summed E-state index contributed by atoms with van der Waals surface area (Å²) in [5.41, 5.74) is -1.08. The molecule has 0 unspecified atom stereocenters. The molecule has 0 spiro atoms. The quantitative estimate of drug-likeness (QED) is 0.501. The van der Waals surface area contributed by atoms with Gasteiger partial charge in [-0.05, 0) is 45.0 Å². The van der Waals surface area contributed by atoms with Crippen molar-refractivity contribution in [2.24, 2.45) is 0 Å². The second-order valence-electron chi connectivity index (χ2n) is 6.36. The number of aromatic hydroxyl groups is 1. The van der Waals surface area contributed by atoms with Gasteiger partial charge in [-0.3, -0.25) is 0 Å². The highest BCUT2D eigenvalue weighted by Crippen LogP contribution is 2.24. The van der Waals surface area contributed by atoms with E-state index in [1.165, 1.54) is 0 Å². The van der Waals surface area contributed by atoms with Crippen LogP contribution in [0.3, 0.4) is 0 Å². The van der Waals surface area contributed by atoms with Gasteiger partial charge >= 0.3 is 5.97 Å². The van der Waals surface area contributed by atoms with Crippen LogP contribution in [0.25, 0.3) is 0 Å². The number of phenolic OH excluding ortho intramolecular Hbond substituents is 1. The van der Waals surface area contributed by atoms with Gasteiger partial charge in [-0.1, -0.05) is 12.1 Å². The van der Waals surface area contributed by atoms with Crippen molar-refractivity contribution in [2.45, 2.75) is 32.8 Å². The fourth-order valence-corrected chi connectivity index (χ4v) is 2.28. The molecule has 0 aromatic heterocycles. The maximum absolute atomic E-state index is 11.9. The third-order valence-electron chi connectivity index (χ3n) is 3.59. The molecule has 0 fully saturated rings. The molecule has 0 radical (unpaired) electrons. The van der Waals surface area contributed by atoms with Gasteiger partial charge in [0.2, 0.25) is 0 Å². The molecule has 0 saturated heterocycles. The van der Waals surface area contributed by atoms with Crippen molar-refractivity contribution in [3.63, 3.8) is 0 Å². The molecule has 2 aromatic rings. The largest absolute Gasteiger partial charge is 0.508 e. The Hall–Kier alpha value is -2.89. The van der Waals surface area contributed by atoms with Gasteiger partial charge in [0.15, 0.2) is 5.60 Å². The number of carbonyl (C=O) groups excluding carboxylic acids is 1. The van der Waals surface area contributed by atoms with Gasteiger partial charge in [0.25, 0.3) is 0 Å². The van der Waals surface area contributed by atoms with Crippen molar-refractivity contribution in [3.8, 4) is 23.0 Å². The maximum atomic E-state index is 11.9. The Bertz CT molecular complexity index is 741. The minimum atomic E-state index is -1.08. The van der Waals surface area contributed by atoms with Crippen LogP contribution in [-0.2, 0) is 9.53 Å². The molecule has 6 nitrogen and oxygen atoms in total. The average Bonchev–Trinajstić information content (AvgIpc) is 2.62. The fraction of sp³-hybridized carbons (Fsp3) is 0.381. The molecule has 0 heterocycles. The van der Waals surface area contributed by atoms with Crippen molar-refractivity contribution in [3.05, 3.63) is 48.5 Å². The SMILES string of the molecule is CCOC(=O)C(C)(C)Oc1cccc(OCCCOc2cccc(O)c2)c1. The molecule has 0 amide bonds. The molecule has 0 bridgehead atoms. The second-order valence-corrected chi connectivity index (χ2v) is 6.36. The molecule has 1 N–H and O–H groups in total. The zero-order chi connectivity index (χ0) is 19.7. The van der Waals surface area contributed by atoms with E-state index in [0.717, 1.165) is 0 Å². The lowest BCUT2D eigenvalue weighted by Gasteiger charge is -2.24. The van der Waals surface area contributed by atoms with Gasteiger partial charge in [-0.15, -0.1) is 0 Å². The Morgan fingerprint density at radius 3 is 2.19 bits per heavy atom. The third-order valence-corrected chi connectivity index (χ3v) is 3.59. The lowest BCUT2D eigenvalue weighted by atomic mass is 10.1. The van der Waals surface area contributed by atoms with E-state index in [-0.39, 0.29) is 5.75 Å². The van der Waals surface area contributed by atoms with E-state index in [1.807, 2.05) is 6.07 Å². The summed E-state index contributed by atoms with van der Waals surface area (Å²) in [6.45, 7) is 6.32. The molecule has 0 aliphatic heterocycles. The summed E-state index contributed by atoms with van der Waals surface area (Å²) in [6.07, 6.45) is 0.676. The van der Waals surface area contributed by atoms with E-state index < -0.39 is 11.6 Å². The number of hydrogen-bond acceptors (Lipinski definition) is 6. The molecule has 0 aliphatic carbocycles. The first-order valence-corrected chi connectivity index (χ1v) is 8.91. The van der Waals surface area contributed by atoms with Crippen LogP contribution in [0.4, 0.5) is 0 Å². The van der Waals surface area contributed by atoms with E-state index in [1.54, 1.807) is 63.2 Å². The monoisotopic (exact) mass is 374 g/mol. The first kappa shape index (κ1) is 20.4. The topological polar surface area (TPSA) is 74.2 Å². The van der Waals surface area contributed by atoms with E-state index in [2.05, 4.69) is 0 Å². The summed E-state index contributed by atoms with van der Waals surface area (Å²) in [5.74, 6) is 1.55. The van der Waals surface area contributed by atoms with E-state index in [4.69, 9.17) is 18.9 Å². The van der Waals surface area contributed by atoms with Crippen molar-refractivity contribution >= 4 is 5.97 Å². The van der Waals surface area contributed by atoms with Crippen LogP contribution in [-0.4, -0.2) is 36.5 Å². The lowest BCUT2D eigenvalue weighted by molar-refractivity contribution is -0.158. The highest BCUT2D eigenvalue weighted by atomic mass is 16.6. The number of benzene rings is 2. The summed E-state index contributed by atoms with van der Waals surface area (Å²) in [5, 5.41) is 9.39. The molecule has 6 heteroatoms. The molecule has 2 rings (SSSR count). The predicted molar refractivity (Wildman–Crippen MR) is 101 cm³/mol. The standard InChI is InChI=1S/C21H26O6/c1-4-24-20(23)21(2,3)27-19-11-6-10-18(15-19)26-13-7-12-25-17-9-5-8-16(22)14-17/h5-6,8-11,14-15,22H,4,7,12-13H2,1-3H3. The van der Waals surface area contributed by atoms with E-state index >= 15 is 0 Å². The summed E-state index contributed by atoms with van der Waals surface area (Å²) < 4.78 is 22.0. The maximum Gasteiger partial charge on any atom is 0.349 e. The Kier molecular flexibility index (Phi) is 7.34. The number of hydrogen-bond donors (Lipinski definition) is 1. The number of carbonyl (C=O) groups is 1. The van der Waals surface area contributed by atoms with E-state index in [9.17, 15) is 9.90 Å². The van der Waals surface area contributed by atoms with Crippen LogP contribution in [0, 0.1) is 0 Å². The Morgan fingerprint density at radius 2 is 1.56 bits per heavy atom. The number of phenols is 1. The number of rotatable bonds is 10. The van der Waals surface area contributed by atoms with E-state index in [0.29, 0.717) is 43.5 Å². The Morgan fingerprint density at radius 1 is 0.963 bits per heavy atom. The summed E-state index contributed by atoms with van der Waals surface area (Å²) in [6, 6.07) is 13.8. The summed E-state index contributed by atoms with van der Waals surface area (Å²) >= 11 is 0. The molecule has 0 saturated carbocycles. The minimum absolute atomic E-state index is 0.173. The van der Waals surface area contributed by atoms with Gasteiger partial charge in [-0.25, -0.2) is 4.79 Å². The molecule has 2 aromatic carbocycles. The fourth-order valence-electron chi connectivity index (χ4n) is 2.28. The normalized spacial score (nSPS) is 10.9.